The molecule has 1 aromatic carbocycles. The van der Waals surface area contributed by atoms with Crippen molar-refractivity contribution in [3.63, 3.8) is 0 Å². The van der Waals surface area contributed by atoms with E-state index in [2.05, 4.69) is 27.5 Å². The van der Waals surface area contributed by atoms with Crippen molar-refractivity contribution in [1.29, 1.82) is 0 Å². The Labute approximate surface area is 170 Å². The highest BCUT2D eigenvalue weighted by Crippen LogP contribution is 2.25. The fourth-order valence-electron chi connectivity index (χ4n) is 2.13. The van der Waals surface area contributed by atoms with Crippen LogP contribution in [0.4, 0.5) is 0 Å². The van der Waals surface area contributed by atoms with Gasteiger partial charge in [0.1, 0.15) is 16.5 Å². The van der Waals surface area contributed by atoms with E-state index in [4.69, 9.17) is 9.47 Å². The number of ether oxygens (including phenoxy) is 2. The second-order valence-electron chi connectivity index (χ2n) is 5.09. The van der Waals surface area contributed by atoms with Gasteiger partial charge in [-0.2, -0.15) is 0 Å². The molecule has 0 amide bonds. The molecule has 0 fully saturated rings. The highest BCUT2D eigenvalue weighted by atomic mass is 127. The molecule has 0 radical (unpaired) electrons. The summed E-state index contributed by atoms with van der Waals surface area (Å²) in [6.45, 7) is 6.06. The number of aromatic nitrogens is 1. The first-order valence-corrected chi connectivity index (χ1v) is 8.62. The zero-order chi connectivity index (χ0) is 17.4. The molecule has 2 N–H and O–H groups in total. The van der Waals surface area contributed by atoms with Crippen LogP contribution in [0, 0.1) is 6.92 Å². The van der Waals surface area contributed by atoms with Gasteiger partial charge in [-0.3, -0.25) is 0 Å². The first kappa shape index (κ1) is 21.5. The summed E-state index contributed by atoms with van der Waals surface area (Å²) >= 11 is 1.68. The minimum Gasteiger partial charge on any atom is -0.497 e. The van der Waals surface area contributed by atoms with Gasteiger partial charge in [-0.1, -0.05) is 0 Å². The molecule has 8 heteroatoms. The van der Waals surface area contributed by atoms with E-state index in [9.17, 15) is 0 Å². The second-order valence-corrected chi connectivity index (χ2v) is 6.41. The zero-order valence-electron chi connectivity index (χ0n) is 15.0. The number of aliphatic imine (C=N–C) groups is 1. The number of benzene rings is 1. The number of aryl methyl sites for hydroxylation is 1. The lowest BCUT2D eigenvalue weighted by molar-refractivity contribution is 0.391. The van der Waals surface area contributed by atoms with E-state index >= 15 is 0 Å². The Hall–Kier alpha value is -1.55. The maximum Gasteiger partial charge on any atom is 0.191 e. The van der Waals surface area contributed by atoms with Crippen LogP contribution in [0.3, 0.4) is 0 Å². The van der Waals surface area contributed by atoms with Gasteiger partial charge < -0.3 is 20.1 Å². The van der Waals surface area contributed by atoms with Crippen molar-refractivity contribution in [2.45, 2.75) is 26.9 Å². The number of hydrogen-bond donors (Lipinski definition) is 2. The largest absolute Gasteiger partial charge is 0.497 e. The minimum atomic E-state index is 0. The zero-order valence-corrected chi connectivity index (χ0v) is 18.1. The van der Waals surface area contributed by atoms with Gasteiger partial charge in [0.15, 0.2) is 5.96 Å². The third-order valence-electron chi connectivity index (χ3n) is 3.32. The average molecular weight is 476 g/mol. The summed E-state index contributed by atoms with van der Waals surface area (Å²) < 4.78 is 10.6. The van der Waals surface area contributed by atoms with Crippen LogP contribution >= 0.6 is 35.3 Å². The fraction of sp³-hybridized carbons (Fsp3) is 0.412. The summed E-state index contributed by atoms with van der Waals surface area (Å²) in [5, 5.41) is 7.58. The monoisotopic (exact) mass is 476 g/mol. The Bertz CT molecular complexity index is 691. The summed E-state index contributed by atoms with van der Waals surface area (Å²) in [7, 11) is 3.29. The molecule has 6 nitrogen and oxygen atoms in total. The van der Waals surface area contributed by atoms with Crippen molar-refractivity contribution in [2.24, 2.45) is 4.99 Å². The predicted molar refractivity (Wildman–Crippen MR) is 113 cm³/mol. The molecule has 0 atom stereocenters. The van der Waals surface area contributed by atoms with Gasteiger partial charge in [0, 0.05) is 29.2 Å². The number of nitrogens with zero attached hydrogens (tertiary/aromatic N) is 2. The van der Waals surface area contributed by atoms with Crippen molar-refractivity contribution >= 4 is 41.3 Å². The van der Waals surface area contributed by atoms with Gasteiger partial charge in [0.05, 0.1) is 27.3 Å². The number of hydrogen-bond acceptors (Lipinski definition) is 5. The number of guanidine groups is 1. The lowest BCUT2D eigenvalue weighted by atomic mass is 10.2. The van der Waals surface area contributed by atoms with Crippen LogP contribution in [-0.2, 0) is 13.1 Å². The van der Waals surface area contributed by atoms with E-state index in [0.717, 1.165) is 34.6 Å². The number of nitrogens with one attached hydrogen (secondary N) is 2. The van der Waals surface area contributed by atoms with Crippen molar-refractivity contribution in [1.82, 2.24) is 15.6 Å². The molecule has 0 saturated heterocycles. The average Bonchev–Trinajstić information content (AvgIpc) is 3.02. The van der Waals surface area contributed by atoms with E-state index in [1.165, 1.54) is 4.88 Å². The topological polar surface area (TPSA) is 67.8 Å². The Morgan fingerprint density at radius 2 is 2.04 bits per heavy atom. The smallest absolute Gasteiger partial charge is 0.191 e. The molecule has 0 unspecified atom stereocenters. The molecule has 0 bridgehead atoms. The lowest BCUT2D eigenvalue weighted by Gasteiger charge is -2.12. The van der Waals surface area contributed by atoms with E-state index < -0.39 is 0 Å². The third-order valence-corrected chi connectivity index (χ3v) is 4.23. The van der Waals surface area contributed by atoms with Gasteiger partial charge >= 0.3 is 0 Å². The van der Waals surface area contributed by atoms with Crippen LogP contribution in [-0.4, -0.2) is 31.7 Å². The summed E-state index contributed by atoms with van der Waals surface area (Å²) in [4.78, 5) is 10.2. The molecule has 1 aromatic heterocycles. The quantitative estimate of drug-likeness (QED) is 0.365. The van der Waals surface area contributed by atoms with E-state index in [1.807, 2.05) is 31.3 Å². The Morgan fingerprint density at radius 3 is 2.64 bits per heavy atom. The van der Waals surface area contributed by atoms with E-state index in [1.54, 1.807) is 25.6 Å². The molecule has 0 aliphatic carbocycles. The van der Waals surface area contributed by atoms with Crippen LogP contribution in [0.15, 0.2) is 29.4 Å². The summed E-state index contributed by atoms with van der Waals surface area (Å²) in [6.07, 6.45) is 1.88. The van der Waals surface area contributed by atoms with Crippen LogP contribution in [0.1, 0.15) is 22.4 Å². The molecule has 0 spiro atoms. The Balaban J connectivity index is 0.00000312. The lowest BCUT2D eigenvalue weighted by Crippen LogP contribution is -2.36. The van der Waals surface area contributed by atoms with Crippen molar-refractivity contribution in [2.75, 3.05) is 20.8 Å². The molecule has 1 heterocycles. The molecule has 2 rings (SSSR count). The number of rotatable bonds is 7. The molecular formula is C17H25IN4O2S. The third kappa shape index (κ3) is 6.69. The van der Waals surface area contributed by atoms with Crippen molar-refractivity contribution in [3.8, 4) is 11.5 Å². The molecule has 138 valence electrons. The van der Waals surface area contributed by atoms with Crippen molar-refractivity contribution < 1.29 is 9.47 Å². The van der Waals surface area contributed by atoms with Gasteiger partial charge in [-0.15, -0.1) is 35.3 Å². The summed E-state index contributed by atoms with van der Waals surface area (Å²) in [5.41, 5.74) is 1.00. The highest BCUT2D eigenvalue weighted by molar-refractivity contribution is 14.0. The SMILES string of the molecule is CCNC(=NCc1ccc(OC)cc1OC)NCc1ncc(C)s1.I. The number of halogens is 1. The van der Waals surface area contributed by atoms with Crippen LogP contribution in [0.2, 0.25) is 0 Å². The summed E-state index contributed by atoms with van der Waals surface area (Å²) in [6, 6.07) is 5.74. The molecule has 0 aliphatic rings. The second kappa shape index (κ2) is 11.1. The maximum atomic E-state index is 5.41. The molecule has 25 heavy (non-hydrogen) atoms. The first-order chi connectivity index (χ1) is 11.7. The van der Waals surface area contributed by atoms with Gasteiger partial charge in [-0.25, -0.2) is 9.98 Å². The highest BCUT2D eigenvalue weighted by Gasteiger charge is 2.06. The standard InChI is InChI=1S/C17H24N4O2S.HI/c1-5-18-17(21-11-16-19-9-12(2)24-16)20-10-13-6-7-14(22-3)8-15(13)23-4;/h6-9H,5,10-11H2,1-4H3,(H2,18,20,21);1H. The van der Waals surface area contributed by atoms with Gasteiger partial charge in [-0.05, 0) is 26.0 Å². The van der Waals surface area contributed by atoms with Crippen LogP contribution < -0.4 is 20.1 Å². The van der Waals surface area contributed by atoms with Crippen molar-refractivity contribution in [3.05, 3.63) is 39.8 Å². The van der Waals surface area contributed by atoms with Gasteiger partial charge in [0.2, 0.25) is 0 Å². The maximum absolute atomic E-state index is 5.41. The Kier molecular flexibility index (Phi) is 9.58. The predicted octanol–water partition coefficient (Wildman–Crippen LogP) is 3.34. The Morgan fingerprint density at radius 1 is 1.24 bits per heavy atom. The van der Waals surface area contributed by atoms with Crippen LogP contribution in [0.5, 0.6) is 11.5 Å². The molecule has 0 aliphatic heterocycles. The normalized spacial score (nSPS) is 10.8. The fourth-order valence-corrected chi connectivity index (χ4v) is 2.86. The first-order valence-electron chi connectivity index (χ1n) is 7.80. The molecule has 2 aromatic rings. The molecular weight excluding hydrogens is 451 g/mol. The number of methoxy groups -OCH3 is 2. The van der Waals surface area contributed by atoms with Crippen LogP contribution in [0.25, 0.3) is 0 Å². The summed E-state index contributed by atoms with van der Waals surface area (Å²) in [5.74, 6) is 2.29. The van der Waals surface area contributed by atoms with E-state index in [-0.39, 0.29) is 24.0 Å². The minimum absolute atomic E-state index is 0. The van der Waals surface area contributed by atoms with E-state index in [0.29, 0.717) is 13.1 Å². The van der Waals surface area contributed by atoms with Gasteiger partial charge in [0.25, 0.3) is 0 Å². The molecule has 0 saturated carbocycles. The number of thiazole rings is 1.